The molecule has 2 aliphatic rings. The summed E-state index contributed by atoms with van der Waals surface area (Å²) >= 11 is 1.68. The van der Waals surface area contributed by atoms with Gasteiger partial charge in [0.1, 0.15) is 24.7 Å². The van der Waals surface area contributed by atoms with Crippen molar-refractivity contribution in [3.63, 3.8) is 0 Å². The van der Waals surface area contributed by atoms with Crippen LogP contribution in [0, 0.1) is 5.82 Å². The maximum atomic E-state index is 13.5. The third kappa shape index (κ3) is 6.07. The van der Waals surface area contributed by atoms with Crippen LogP contribution in [0.3, 0.4) is 0 Å². The summed E-state index contributed by atoms with van der Waals surface area (Å²) in [6.07, 6.45) is 2.58. The molecular formula is C25H32FN3O4S. The summed E-state index contributed by atoms with van der Waals surface area (Å²) in [6, 6.07) is 7.34. The molecule has 0 bridgehead atoms. The molecule has 1 N–H and O–H groups in total. The molecule has 3 amide bonds. The lowest BCUT2D eigenvalue weighted by Gasteiger charge is -2.37. The van der Waals surface area contributed by atoms with Gasteiger partial charge in [0.2, 0.25) is 5.91 Å². The van der Waals surface area contributed by atoms with E-state index in [2.05, 4.69) is 5.32 Å². The summed E-state index contributed by atoms with van der Waals surface area (Å²) in [6.45, 7) is 5.66. The van der Waals surface area contributed by atoms with Gasteiger partial charge in [-0.25, -0.2) is 9.18 Å². The van der Waals surface area contributed by atoms with Crippen molar-refractivity contribution in [2.24, 2.45) is 0 Å². The maximum Gasteiger partial charge on any atom is 0.318 e. The topological polar surface area (TPSA) is 71.1 Å². The molecule has 0 spiro atoms. The van der Waals surface area contributed by atoms with Gasteiger partial charge in [0.15, 0.2) is 0 Å². The highest BCUT2D eigenvalue weighted by molar-refractivity contribution is 7.10. The second kappa shape index (κ2) is 11.2. The zero-order chi connectivity index (χ0) is 24.1. The molecule has 1 aromatic heterocycles. The number of benzene rings is 1. The van der Waals surface area contributed by atoms with Crippen molar-refractivity contribution in [1.29, 1.82) is 0 Å². The van der Waals surface area contributed by atoms with Crippen LogP contribution in [0.5, 0.6) is 5.75 Å². The van der Waals surface area contributed by atoms with E-state index in [1.54, 1.807) is 28.4 Å². The summed E-state index contributed by atoms with van der Waals surface area (Å²) in [5, 5.41) is 4.94. The lowest BCUT2D eigenvalue weighted by atomic mass is 10.0. The Morgan fingerprint density at radius 3 is 2.79 bits per heavy atom. The van der Waals surface area contributed by atoms with Crippen LogP contribution in [0.25, 0.3) is 0 Å². The first-order valence-corrected chi connectivity index (χ1v) is 12.7. The second-order valence-electron chi connectivity index (χ2n) is 9.04. The highest BCUT2D eigenvalue weighted by Crippen LogP contribution is 2.34. The predicted molar refractivity (Wildman–Crippen MR) is 129 cm³/mol. The Morgan fingerprint density at radius 2 is 2.09 bits per heavy atom. The van der Waals surface area contributed by atoms with Gasteiger partial charge in [-0.3, -0.25) is 4.79 Å². The van der Waals surface area contributed by atoms with Crippen LogP contribution in [-0.4, -0.2) is 66.7 Å². The Balaban J connectivity index is 1.48. The number of hydrogen-bond donors (Lipinski definition) is 1. The van der Waals surface area contributed by atoms with Crippen molar-refractivity contribution >= 4 is 23.3 Å². The minimum Gasteiger partial charge on any atom is -0.491 e. The Morgan fingerprint density at radius 1 is 1.29 bits per heavy atom. The van der Waals surface area contributed by atoms with Crippen molar-refractivity contribution in [1.82, 2.24) is 15.1 Å². The number of ether oxygens (including phenoxy) is 2. The van der Waals surface area contributed by atoms with Crippen molar-refractivity contribution in [3.05, 3.63) is 52.0 Å². The zero-order valence-corrected chi connectivity index (χ0v) is 20.5. The van der Waals surface area contributed by atoms with E-state index < -0.39 is 0 Å². The summed E-state index contributed by atoms with van der Waals surface area (Å²) in [5.74, 6) is 0.0990. The fourth-order valence-corrected chi connectivity index (χ4v) is 5.35. The fourth-order valence-electron chi connectivity index (χ4n) is 4.43. The van der Waals surface area contributed by atoms with E-state index in [0.29, 0.717) is 25.4 Å². The van der Waals surface area contributed by atoms with Crippen LogP contribution < -0.4 is 10.1 Å². The van der Waals surface area contributed by atoms with Crippen LogP contribution in [0.15, 0.2) is 35.7 Å². The van der Waals surface area contributed by atoms with E-state index in [4.69, 9.17) is 9.47 Å². The molecule has 2 atom stereocenters. The van der Waals surface area contributed by atoms with Crippen LogP contribution in [0.4, 0.5) is 9.18 Å². The molecule has 34 heavy (non-hydrogen) atoms. The third-order valence-corrected chi connectivity index (χ3v) is 7.11. The van der Waals surface area contributed by atoms with Gasteiger partial charge in [-0.2, -0.15) is 0 Å². The molecule has 0 aliphatic carbocycles. The van der Waals surface area contributed by atoms with Gasteiger partial charge in [0.25, 0.3) is 0 Å². The zero-order valence-electron chi connectivity index (χ0n) is 19.7. The molecule has 2 unspecified atom stereocenters. The SMILES string of the molecule is CC(C)NC(=O)N(CC(=O)N1CCc2sccc2C1COc1ccc(F)cc1)CC1CCCO1. The van der Waals surface area contributed by atoms with Crippen LogP contribution in [0.2, 0.25) is 0 Å². The van der Waals surface area contributed by atoms with E-state index in [1.165, 1.54) is 17.0 Å². The number of carbonyl (C=O) groups excluding carboxylic acids is 2. The highest BCUT2D eigenvalue weighted by Gasteiger charge is 2.34. The fraction of sp³-hybridized carbons (Fsp3) is 0.520. The van der Waals surface area contributed by atoms with E-state index >= 15 is 0 Å². The molecule has 3 heterocycles. The predicted octanol–water partition coefficient (Wildman–Crippen LogP) is 3.99. The van der Waals surface area contributed by atoms with Crippen molar-refractivity contribution in [2.75, 3.05) is 32.8 Å². The van der Waals surface area contributed by atoms with Crippen molar-refractivity contribution in [3.8, 4) is 5.75 Å². The van der Waals surface area contributed by atoms with Crippen molar-refractivity contribution in [2.45, 2.75) is 51.3 Å². The van der Waals surface area contributed by atoms with Gasteiger partial charge in [-0.05, 0) is 74.4 Å². The van der Waals surface area contributed by atoms with E-state index in [1.807, 2.05) is 30.2 Å². The molecule has 7 nitrogen and oxygen atoms in total. The first-order valence-electron chi connectivity index (χ1n) is 11.8. The average molecular weight is 490 g/mol. The van der Waals surface area contributed by atoms with Gasteiger partial charge in [-0.1, -0.05) is 0 Å². The van der Waals surface area contributed by atoms with Gasteiger partial charge in [-0.15, -0.1) is 11.3 Å². The first-order chi connectivity index (χ1) is 16.4. The molecule has 0 saturated carbocycles. The minimum atomic E-state index is -0.326. The third-order valence-electron chi connectivity index (χ3n) is 6.11. The van der Waals surface area contributed by atoms with Gasteiger partial charge >= 0.3 is 6.03 Å². The molecule has 9 heteroatoms. The smallest absolute Gasteiger partial charge is 0.318 e. The normalized spacial score (nSPS) is 19.7. The summed E-state index contributed by atoms with van der Waals surface area (Å²) in [5.41, 5.74) is 1.07. The Hall–Kier alpha value is -2.65. The molecule has 1 saturated heterocycles. The second-order valence-corrected chi connectivity index (χ2v) is 10.0. The average Bonchev–Trinajstić information content (AvgIpc) is 3.49. The summed E-state index contributed by atoms with van der Waals surface area (Å²) in [7, 11) is 0. The Kier molecular flexibility index (Phi) is 8.05. The molecule has 2 aromatic rings. The van der Waals surface area contributed by atoms with E-state index in [-0.39, 0.29) is 49.1 Å². The lowest BCUT2D eigenvalue weighted by molar-refractivity contribution is -0.135. The number of fused-ring (bicyclic) bond motifs is 1. The number of halogens is 1. The molecular weight excluding hydrogens is 457 g/mol. The van der Waals surface area contributed by atoms with Gasteiger partial charge < -0.3 is 24.6 Å². The number of nitrogens with one attached hydrogen (secondary N) is 1. The lowest BCUT2D eigenvalue weighted by Crippen LogP contribution is -2.52. The molecule has 2 aliphatic heterocycles. The van der Waals surface area contributed by atoms with Gasteiger partial charge in [0.05, 0.1) is 12.1 Å². The summed E-state index contributed by atoms with van der Waals surface area (Å²) in [4.78, 5) is 31.0. The standard InChI is InChI=1S/C25H32FN3O4S/c1-17(2)27-25(31)28(14-20-4-3-12-32-20)15-24(30)29-11-9-23-21(10-13-34-23)22(29)16-33-19-7-5-18(26)6-8-19/h5-8,10,13,17,20,22H,3-4,9,11-12,14-16H2,1-2H3,(H,27,31). The number of hydrogen-bond acceptors (Lipinski definition) is 5. The number of rotatable bonds is 8. The van der Waals surface area contributed by atoms with Crippen LogP contribution in [-0.2, 0) is 16.0 Å². The minimum absolute atomic E-state index is 0.0229. The largest absolute Gasteiger partial charge is 0.491 e. The van der Waals surface area contributed by atoms with Crippen molar-refractivity contribution < 1.29 is 23.5 Å². The number of amides is 3. The van der Waals surface area contributed by atoms with Gasteiger partial charge in [0, 0.05) is 30.6 Å². The van der Waals surface area contributed by atoms with E-state index in [9.17, 15) is 14.0 Å². The quantitative estimate of drug-likeness (QED) is 0.609. The Bertz CT molecular complexity index is 975. The summed E-state index contributed by atoms with van der Waals surface area (Å²) < 4.78 is 24.9. The number of thiophene rings is 1. The van der Waals surface area contributed by atoms with Crippen LogP contribution >= 0.6 is 11.3 Å². The number of nitrogens with zero attached hydrogens (tertiary/aromatic N) is 2. The molecule has 1 aromatic carbocycles. The molecule has 1 fully saturated rings. The number of carbonyl (C=O) groups is 2. The maximum absolute atomic E-state index is 13.5. The van der Waals surface area contributed by atoms with E-state index in [0.717, 1.165) is 24.8 Å². The van der Waals surface area contributed by atoms with Crippen LogP contribution in [0.1, 0.15) is 43.2 Å². The monoisotopic (exact) mass is 489 g/mol. The highest BCUT2D eigenvalue weighted by atomic mass is 32.1. The number of urea groups is 1. The Labute approximate surface area is 203 Å². The first kappa shape index (κ1) is 24.5. The molecule has 4 rings (SSSR count). The molecule has 0 radical (unpaired) electrons. The molecule has 184 valence electrons.